The second-order valence-electron chi connectivity index (χ2n) is 4.44. The van der Waals surface area contributed by atoms with E-state index >= 15 is 0 Å². The zero-order valence-electron chi connectivity index (χ0n) is 11.3. The van der Waals surface area contributed by atoms with Crippen molar-refractivity contribution in [3.05, 3.63) is 59.7 Å². The first kappa shape index (κ1) is 15.7. The van der Waals surface area contributed by atoms with Gasteiger partial charge in [0, 0.05) is 5.56 Å². The molecule has 0 radical (unpaired) electrons. The zero-order valence-corrected chi connectivity index (χ0v) is 11.3. The number of nitrogens with two attached hydrogens (primary N) is 1. The third-order valence-electron chi connectivity index (χ3n) is 2.73. The molecule has 0 amide bonds. The molecular weight excluding hydrogens is 297 g/mol. The van der Waals surface area contributed by atoms with Gasteiger partial charge in [-0.2, -0.15) is 0 Å². The summed E-state index contributed by atoms with van der Waals surface area (Å²) in [7, 11) is 0. The Morgan fingerprint density at radius 2 is 1.82 bits per heavy atom. The smallest absolute Gasteiger partial charge is 0.508 e. The Hall–Kier alpha value is -2.70. The minimum absolute atomic E-state index is 0.125. The molecule has 0 heterocycles. The molecule has 0 unspecified atom stereocenters. The Morgan fingerprint density at radius 1 is 1.14 bits per heavy atom. The van der Waals surface area contributed by atoms with E-state index in [0.29, 0.717) is 5.56 Å². The van der Waals surface area contributed by atoms with Gasteiger partial charge >= 0.3 is 6.36 Å². The summed E-state index contributed by atoms with van der Waals surface area (Å²) in [4.78, 5) is 4.13. The van der Waals surface area contributed by atoms with Crippen LogP contribution in [0.1, 0.15) is 11.1 Å². The predicted molar refractivity (Wildman–Crippen MR) is 75.7 cm³/mol. The van der Waals surface area contributed by atoms with Gasteiger partial charge in [-0.3, -0.25) is 4.99 Å². The lowest BCUT2D eigenvalue weighted by molar-refractivity contribution is -0.274. The molecular formula is C15H13F3N2O2. The summed E-state index contributed by atoms with van der Waals surface area (Å²) in [5, 5.41) is 9.33. The number of hydrogen-bond donors (Lipinski definition) is 2. The van der Waals surface area contributed by atoms with Crippen molar-refractivity contribution in [1.82, 2.24) is 0 Å². The van der Waals surface area contributed by atoms with Crippen LogP contribution in [0, 0.1) is 0 Å². The highest BCUT2D eigenvalue weighted by Crippen LogP contribution is 2.22. The van der Waals surface area contributed by atoms with Crippen molar-refractivity contribution in [2.24, 2.45) is 10.7 Å². The second kappa shape index (κ2) is 6.38. The number of aliphatic imine (C=N–C) groups is 1. The molecule has 0 aliphatic rings. The highest BCUT2D eigenvalue weighted by molar-refractivity contribution is 5.97. The number of phenolic OH excluding ortho intramolecular Hbond substituents is 1. The molecule has 4 nitrogen and oxygen atoms in total. The summed E-state index contributed by atoms with van der Waals surface area (Å²) in [6.45, 7) is 0.251. The molecule has 3 N–H and O–H groups in total. The van der Waals surface area contributed by atoms with Crippen molar-refractivity contribution in [2.45, 2.75) is 12.9 Å². The van der Waals surface area contributed by atoms with Crippen LogP contribution in [-0.4, -0.2) is 17.3 Å². The van der Waals surface area contributed by atoms with Crippen LogP contribution in [0.15, 0.2) is 53.5 Å². The van der Waals surface area contributed by atoms with Gasteiger partial charge < -0.3 is 15.6 Å². The average Bonchev–Trinajstić information content (AvgIpc) is 2.44. The minimum atomic E-state index is -4.73. The van der Waals surface area contributed by atoms with Crippen LogP contribution in [0.25, 0.3) is 0 Å². The summed E-state index contributed by atoms with van der Waals surface area (Å²) >= 11 is 0. The maximum Gasteiger partial charge on any atom is 0.573 e. The number of phenols is 1. The van der Waals surface area contributed by atoms with Crippen molar-refractivity contribution in [3.63, 3.8) is 0 Å². The van der Waals surface area contributed by atoms with Gasteiger partial charge in [-0.25, -0.2) is 0 Å². The van der Waals surface area contributed by atoms with E-state index in [9.17, 15) is 18.3 Å². The minimum Gasteiger partial charge on any atom is -0.508 e. The second-order valence-corrected chi connectivity index (χ2v) is 4.44. The molecule has 0 spiro atoms. The lowest BCUT2D eigenvalue weighted by atomic mass is 10.2. The van der Waals surface area contributed by atoms with E-state index in [1.165, 1.54) is 30.3 Å². The predicted octanol–water partition coefficient (Wildman–Crippen LogP) is 3.20. The molecule has 116 valence electrons. The molecule has 0 saturated carbocycles. The van der Waals surface area contributed by atoms with Gasteiger partial charge in [-0.05, 0) is 42.0 Å². The summed E-state index contributed by atoms with van der Waals surface area (Å²) in [6.07, 6.45) is -4.73. The lowest BCUT2D eigenvalue weighted by Crippen LogP contribution is -2.17. The Balaban J connectivity index is 2.06. The summed E-state index contributed by atoms with van der Waals surface area (Å²) in [5.74, 6) is -0.0149. The van der Waals surface area contributed by atoms with Gasteiger partial charge in [-0.15, -0.1) is 13.2 Å². The van der Waals surface area contributed by atoms with E-state index < -0.39 is 6.36 Å². The van der Waals surface area contributed by atoms with Crippen molar-refractivity contribution < 1.29 is 23.0 Å². The Labute approximate surface area is 124 Å². The number of ether oxygens (including phenoxy) is 1. The van der Waals surface area contributed by atoms with Gasteiger partial charge in [-0.1, -0.05) is 12.1 Å². The summed E-state index contributed by atoms with van der Waals surface area (Å²) in [5.41, 5.74) is 7.03. The number of nitrogens with zero attached hydrogens (tertiary/aromatic N) is 1. The van der Waals surface area contributed by atoms with Gasteiger partial charge in [0.2, 0.25) is 0 Å². The first-order chi connectivity index (χ1) is 10.3. The SMILES string of the molecule is NC(=NCc1cccc(O)c1)c1ccc(OC(F)(F)F)cc1. The largest absolute Gasteiger partial charge is 0.573 e. The molecule has 0 fully saturated rings. The number of halogens is 3. The van der Waals surface area contributed by atoms with Crippen LogP contribution in [0.4, 0.5) is 13.2 Å². The molecule has 2 aromatic carbocycles. The number of aromatic hydroxyl groups is 1. The molecule has 0 aromatic heterocycles. The molecule has 0 bridgehead atoms. The number of alkyl halides is 3. The zero-order chi connectivity index (χ0) is 16.2. The molecule has 22 heavy (non-hydrogen) atoms. The highest BCUT2D eigenvalue weighted by atomic mass is 19.4. The van der Waals surface area contributed by atoms with Crippen LogP contribution in [0.3, 0.4) is 0 Å². The van der Waals surface area contributed by atoms with Crippen molar-refractivity contribution >= 4 is 5.84 Å². The molecule has 0 saturated heterocycles. The normalized spacial score (nSPS) is 12.2. The maximum atomic E-state index is 12.1. The van der Waals surface area contributed by atoms with Gasteiger partial charge in [0.15, 0.2) is 0 Å². The van der Waals surface area contributed by atoms with E-state index in [0.717, 1.165) is 5.56 Å². The molecule has 0 atom stereocenters. The molecule has 2 aromatic rings. The number of hydrogen-bond acceptors (Lipinski definition) is 3. The molecule has 7 heteroatoms. The first-order valence-electron chi connectivity index (χ1n) is 6.27. The van der Waals surface area contributed by atoms with Crippen molar-refractivity contribution in [3.8, 4) is 11.5 Å². The maximum absolute atomic E-state index is 12.1. The third kappa shape index (κ3) is 4.69. The third-order valence-corrected chi connectivity index (χ3v) is 2.73. The first-order valence-corrected chi connectivity index (χ1v) is 6.27. The number of benzene rings is 2. The van der Waals surface area contributed by atoms with E-state index in [4.69, 9.17) is 5.73 Å². The van der Waals surface area contributed by atoms with Crippen molar-refractivity contribution in [1.29, 1.82) is 0 Å². The van der Waals surface area contributed by atoms with Crippen LogP contribution < -0.4 is 10.5 Å². The van der Waals surface area contributed by atoms with Crippen LogP contribution in [0.5, 0.6) is 11.5 Å². The summed E-state index contributed by atoms with van der Waals surface area (Å²) < 4.78 is 39.9. The topological polar surface area (TPSA) is 67.8 Å². The van der Waals surface area contributed by atoms with Crippen LogP contribution in [-0.2, 0) is 6.54 Å². The van der Waals surface area contributed by atoms with E-state index in [-0.39, 0.29) is 23.9 Å². The van der Waals surface area contributed by atoms with E-state index in [1.807, 2.05) is 0 Å². The van der Waals surface area contributed by atoms with Gasteiger partial charge in [0.1, 0.15) is 17.3 Å². The van der Waals surface area contributed by atoms with Crippen molar-refractivity contribution in [2.75, 3.05) is 0 Å². The number of rotatable bonds is 4. The number of amidine groups is 1. The standard InChI is InChI=1S/C15H13F3N2O2/c16-15(17,18)22-13-6-4-11(5-7-13)14(19)20-9-10-2-1-3-12(21)8-10/h1-8,21H,9H2,(H2,19,20). The fourth-order valence-corrected chi connectivity index (χ4v) is 1.75. The Bertz CT molecular complexity index is 667. The fourth-order valence-electron chi connectivity index (χ4n) is 1.75. The fraction of sp³-hybridized carbons (Fsp3) is 0.133. The molecule has 0 aliphatic heterocycles. The van der Waals surface area contributed by atoms with E-state index in [2.05, 4.69) is 9.73 Å². The van der Waals surface area contributed by atoms with Crippen LogP contribution >= 0.6 is 0 Å². The van der Waals surface area contributed by atoms with Crippen LogP contribution in [0.2, 0.25) is 0 Å². The Kier molecular flexibility index (Phi) is 4.55. The molecule has 0 aliphatic carbocycles. The lowest BCUT2D eigenvalue weighted by Gasteiger charge is -2.09. The highest BCUT2D eigenvalue weighted by Gasteiger charge is 2.30. The molecule has 2 rings (SSSR count). The van der Waals surface area contributed by atoms with Gasteiger partial charge in [0.05, 0.1) is 6.54 Å². The quantitative estimate of drug-likeness (QED) is 0.673. The summed E-state index contributed by atoms with van der Waals surface area (Å²) in [6, 6.07) is 11.7. The van der Waals surface area contributed by atoms with Gasteiger partial charge in [0.25, 0.3) is 0 Å². The monoisotopic (exact) mass is 310 g/mol. The average molecular weight is 310 g/mol. The Morgan fingerprint density at radius 3 is 2.41 bits per heavy atom. The van der Waals surface area contributed by atoms with E-state index in [1.54, 1.807) is 18.2 Å².